The number of thiazole rings is 1. The van der Waals surface area contributed by atoms with E-state index in [0.29, 0.717) is 22.9 Å². The Bertz CT molecular complexity index is 1170. The largest absolute Gasteiger partial charge is 0.507 e. The van der Waals surface area contributed by atoms with Gasteiger partial charge in [-0.1, -0.05) is 35.9 Å². The fourth-order valence-electron chi connectivity index (χ4n) is 3.52. The Morgan fingerprint density at radius 1 is 1.19 bits per heavy atom. The summed E-state index contributed by atoms with van der Waals surface area (Å²) in [5.41, 5.74) is 1.88. The maximum Gasteiger partial charge on any atom is 0.301 e. The fourth-order valence-corrected chi connectivity index (χ4v) is 4.19. The summed E-state index contributed by atoms with van der Waals surface area (Å²) in [5.74, 6) is -1.69. The lowest BCUT2D eigenvalue weighted by Gasteiger charge is -2.23. The van der Waals surface area contributed by atoms with Crippen LogP contribution in [-0.2, 0) is 9.59 Å². The van der Waals surface area contributed by atoms with Crippen molar-refractivity contribution in [3.05, 3.63) is 76.3 Å². The molecule has 0 saturated carbocycles. The molecule has 3 aromatic rings. The fraction of sp³-hybridized carbons (Fsp3) is 0.174. The van der Waals surface area contributed by atoms with Crippen LogP contribution < -0.4 is 9.64 Å². The number of ether oxygens (including phenoxy) is 1. The first kappa shape index (κ1) is 20.6. The second-order valence-corrected chi connectivity index (χ2v) is 7.88. The molecule has 0 aliphatic carbocycles. The van der Waals surface area contributed by atoms with E-state index in [1.807, 2.05) is 19.1 Å². The van der Waals surface area contributed by atoms with Crippen molar-refractivity contribution >= 4 is 33.9 Å². The molecular formula is C23H20N2O5S. The lowest BCUT2D eigenvalue weighted by molar-refractivity contribution is -0.132. The number of carbonyl (C=O) groups is 2. The van der Waals surface area contributed by atoms with Gasteiger partial charge in [-0.25, -0.2) is 4.98 Å². The van der Waals surface area contributed by atoms with Crippen LogP contribution in [0.15, 0.2) is 59.6 Å². The molecule has 4 rings (SSSR count). The minimum Gasteiger partial charge on any atom is -0.507 e. The van der Waals surface area contributed by atoms with E-state index in [0.717, 1.165) is 5.56 Å². The van der Waals surface area contributed by atoms with Crippen molar-refractivity contribution in [1.29, 1.82) is 0 Å². The van der Waals surface area contributed by atoms with Crippen molar-refractivity contribution in [2.24, 2.45) is 0 Å². The predicted molar refractivity (Wildman–Crippen MR) is 117 cm³/mol. The van der Waals surface area contributed by atoms with Crippen LogP contribution in [0.3, 0.4) is 0 Å². The van der Waals surface area contributed by atoms with Gasteiger partial charge < -0.3 is 14.9 Å². The van der Waals surface area contributed by atoms with Crippen LogP contribution in [0.25, 0.3) is 5.76 Å². The highest BCUT2D eigenvalue weighted by atomic mass is 32.1. The normalized spacial score (nSPS) is 17.9. The quantitative estimate of drug-likeness (QED) is 0.354. The van der Waals surface area contributed by atoms with Crippen LogP contribution in [0.4, 0.5) is 5.13 Å². The molecule has 1 unspecified atom stereocenters. The highest BCUT2D eigenvalue weighted by Crippen LogP contribution is 2.44. The summed E-state index contributed by atoms with van der Waals surface area (Å²) >= 11 is 1.21. The number of aromatic hydroxyl groups is 1. The Morgan fingerprint density at radius 2 is 1.94 bits per heavy atom. The van der Waals surface area contributed by atoms with Crippen LogP contribution in [-0.4, -0.2) is 33.5 Å². The van der Waals surface area contributed by atoms with Crippen molar-refractivity contribution < 1.29 is 24.5 Å². The Labute approximate surface area is 182 Å². The number of amides is 1. The van der Waals surface area contributed by atoms with E-state index in [1.54, 1.807) is 42.8 Å². The minimum atomic E-state index is -0.924. The molecule has 2 heterocycles. The molecule has 31 heavy (non-hydrogen) atoms. The van der Waals surface area contributed by atoms with Gasteiger partial charge in [0.2, 0.25) is 0 Å². The van der Waals surface area contributed by atoms with Crippen LogP contribution >= 0.6 is 11.3 Å². The molecular weight excluding hydrogens is 416 g/mol. The van der Waals surface area contributed by atoms with Crippen molar-refractivity contribution in [3.8, 4) is 11.5 Å². The van der Waals surface area contributed by atoms with Gasteiger partial charge in [0, 0.05) is 17.1 Å². The van der Waals surface area contributed by atoms with Crippen LogP contribution in [0.1, 0.15) is 29.7 Å². The summed E-state index contributed by atoms with van der Waals surface area (Å²) in [6.45, 7) is 4.02. The number of phenols is 1. The van der Waals surface area contributed by atoms with Crippen LogP contribution in [0.2, 0.25) is 0 Å². The second-order valence-electron chi connectivity index (χ2n) is 7.01. The number of aromatic nitrogens is 1. The van der Waals surface area contributed by atoms with E-state index < -0.39 is 17.7 Å². The number of Topliss-reactive ketones (excluding diaryl/α,β-unsaturated/α-hetero) is 1. The van der Waals surface area contributed by atoms with E-state index in [-0.39, 0.29) is 22.8 Å². The molecule has 0 spiro atoms. The summed E-state index contributed by atoms with van der Waals surface area (Å²) in [6.07, 6.45) is 1.54. The number of hydrogen-bond acceptors (Lipinski definition) is 7. The number of aliphatic hydroxyl groups is 1. The molecule has 7 nitrogen and oxygen atoms in total. The third kappa shape index (κ3) is 3.66. The molecule has 1 amide bonds. The van der Waals surface area contributed by atoms with Gasteiger partial charge in [-0.15, -0.1) is 11.3 Å². The average molecular weight is 436 g/mol. The zero-order chi connectivity index (χ0) is 22.1. The number of ketones is 1. The van der Waals surface area contributed by atoms with Crippen molar-refractivity contribution in [3.63, 3.8) is 0 Å². The lowest BCUT2D eigenvalue weighted by atomic mass is 9.95. The van der Waals surface area contributed by atoms with Gasteiger partial charge >= 0.3 is 5.91 Å². The monoisotopic (exact) mass is 436 g/mol. The third-order valence-electron chi connectivity index (χ3n) is 4.99. The summed E-state index contributed by atoms with van der Waals surface area (Å²) < 4.78 is 5.48. The number of carbonyl (C=O) groups excluding carboxylic acids is 2. The van der Waals surface area contributed by atoms with E-state index in [2.05, 4.69) is 4.98 Å². The first-order valence-corrected chi connectivity index (χ1v) is 10.5. The van der Waals surface area contributed by atoms with E-state index in [1.165, 1.54) is 22.3 Å². The number of nitrogens with zero attached hydrogens (tertiary/aromatic N) is 2. The van der Waals surface area contributed by atoms with Crippen molar-refractivity contribution in [2.75, 3.05) is 11.5 Å². The number of anilines is 1. The predicted octanol–water partition coefficient (Wildman–Crippen LogP) is 4.18. The highest BCUT2D eigenvalue weighted by molar-refractivity contribution is 7.14. The summed E-state index contributed by atoms with van der Waals surface area (Å²) in [7, 11) is 0. The van der Waals surface area contributed by atoms with Gasteiger partial charge in [0.05, 0.1) is 18.2 Å². The van der Waals surface area contributed by atoms with Gasteiger partial charge in [-0.2, -0.15) is 0 Å². The first-order valence-electron chi connectivity index (χ1n) is 9.65. The molecule has 1 atom stereocenters. The van der Waals surface area contributed by atoms with Gasteiger partial charge in [-0.05, 0) is 31.5 Å². The van der Waals surface area contributed by atoms with Gasteiger partial charge in [-0.3, -0.25) is 14.5 Å². The molecule has 1 aliphatic heterocycles. The molecule has 2 aromatic carbocycles. The zero-order valence-corrected chi connectivity index (χ0v) is 17.7. The summed E-state index contributed by atoms with van der Waals surface area (Å²) in [5, 5.41) is 23.2. The van der Waals surface area contributed by atoms with E-state index in [9.17, 15) is 19.8 Å². The Kier molecular flexibility index (Phi) is 5.48. The van der Waals surface area contributed by atoms with Gasteiger partial charge in [0.1, 0.15) is 5.76 Å². The van der Waals surface area contributed by atoms with Crippen molar-refractivity contribution in [1.82, 2.24) is 4.98 Å². The number of rotatable bonds is 5. The zero-order valence-electron chi connectivity index (χ0n) is 16.9. The maximum atomic E-state index is 13.0. The Hall–Kier alpha value is -3.65. The lowest BCUT2D eigenvalue weighted by Crippen LogP contribution is -2.29. The Balaban J connectivity index is 1.94. The smallest absolute Gasteiger partial charge is 0.301 e. The first-order chi connectivity index (χ1) is 14.9. The average Bonchev–Trinajstić information content (AvgIpc) is 3.37. The third-order valence-corrected chi connectivity index (χ3v) is 5.76. The second kappa shape index (κ2) is 8.23. The standard InChI is InChI=1S/C23H20N2O5S/c1-3-30-17-12-15(8-9-16(17)26)19-18(20(27)14-6-4-13(2)5-7-14)21(28)22(29)25(19)23-24-10-11-31-23/h4-12,19,26-27H,3H2,1-2H3/b20-18+. The maximum absolute atomic E-state index is 13.0. The van der Waals surface area contributed by atoms with E-state index >= 15 is 0 Å². The SMILES string of the molecule is CCOc1cc(C2/C(=C(\O)c3ccc(C)cc3)C(=O)C(=O)N2c2nccs2)ccc1O. The highest BCUT2D eigenvalue weighted by Gasteiger charge is 2.48. The number of aryl methyl sites for hydroxylation is 1. The summed E-state index contributed by atoms with van der Waals surface area (Å²) in [6, 6.07) is 10.7. The minimum absolute atomic E-state index is 0.0443. The molecule has 158 valence electrons. The van der Waals surface area contributed by atoms with Crippen LogP contribution in [0.5, 0.6) is 11.5 Å². The topological polar surface area (TPSA) is 100.0 Å². The molecule has 0 radical (unpaired) electrons. The van der Waals surface area contributed by atoms with Crippen LogP contribution in [0, 0.1) is 6.92 Å². The molecule has 1 fully saturated rings. The van der Waals surface area contributed by atoms with E-state index in [4.69, 9.17) is 4.74 Å². The van der Waals surface area contributed by atoms with Gasteiger partial charge in [0.15, 0.2) is 16.6 Å². The summed E-state index contributed by atoms with van der Waals surface area (Å²) in [4.78, 5) is 31.5. The number of phenolic OH excluding ortho intramolecular Hbond substituents is 1. The number of benzene rings is 2. The molecule has 1 saturated heterocycles. The molecule has 8 heteroatoms. The van der Waals surface area contributed by atoms with Gasteiger partial charge in [0.25, 0.3) is 5.78 Å². The molecule has 2 N–H and O–H groups in total. The number of aliphatic hydroxyl groups excluding tert-OH is 1. The molecule has 1 aromatic heterocycles. The molecule has 1 aliphatic rings. The number of hydrogen-bond donors (Lipinski definition) is 2. The molecule has 0 bridgehead atoms. The Morgan fingerprint density at radius 3 is 2.58 bits per heavy atom. The van der Waals surface area contributed by atoms with Crippen molar-refractivity contribution in [2.45, 2.75) is 19.9 Å².